The van der Waals surface area contributed by atoms with E-state index < -0.39 is 0 Å². The molecule has 1 aliphatic heterocycles. The molecular weight excluding hydrogens is 366 g/mol. The van der Waals surface area contributed by atoms with Crippen molar-refractivity contribution in [2.45, 2.75) is 38.6 Å². The lowest BCUT2D eigenvalue weighted by molar-refractivity contribution is -0.130. The molecule has 2 amide bonds. The third kappa shape index (κ3) is 7.39. The first-order chi connectivity index (χ1) is 12.5. The minimum absolute atomic E-state index is 0. The first kappa shape index (κ1) is 23.2. The molecule has 152 valence electrons. The molecule has 27 heavy (non-hydrogen) atoms. The Balaban J connectivity index is 0.00000364. The molecule has 0 aromatic heterocycles. The summed E-state index contributed by atoms with van der Waals surface area (Å²) in [5, 5.41) is 6.46. The number of para-hydroxylation sites is 1. The van der Waals surface area contributed by atoms with E-state index in [1.54, 1.807) is 14.1 Å². The molecule has 1 aliphatic rings. The number of rotatable bonds is 9. The van der Waals surface area contributed by atoms with E-state index in [9.17, 15) is 9.59 Å². The van der Waals surface area contributed by atoms with Gasteiger partial charge in [-0.05, 0) is 44.3 Å². The molecule has 2 atom stereocenters. The largest absolute Gasteiger partial charge is 0.483 e. The van der Waals surface area contributed by atoms with E-state index in [-0.39, 0.29) is 36.9 Å². The molecule has 0 spiro atoms. The lowest BCUT2D eigenvalue weighted by Gasteiger charge is -2.21. The normalized spacial score (nSPS) is 16.9. The highest BCUT2D eigenvalue weighted by Gasteiger charge is 2.20. The monoisotopic (exact) mass is 397 g/mol. The molecule has 0 radical (unpaired) electrons. The highest BCUT2D eigenvalue weighted by atomic mass is 35.5. The molecule has 0 saturated carbocycles. The smallest absolute Gasteiger partial charge is 0.259 e. The molecule has 2 rings (SSSR count). The molecule has 1 aromatic rings. The Bertz CT molecular complexity index is 604. The molecule has 2 N–H and O–H groups in total. The molecule has 2 unspecified atom stereocenters. The van der Waals surface area contributed by atoms with Gasteiger partial charge < -0.3 is 20.3 Å². The number of benzene rings is 1. The van der Waals surface area contributed by atoms with Gasteiger partial charge in [-0.1, -0.05) is 25.1 Å². The zero-order valence-electron chi connectivity index (χ0n) is 16.5. The number of carbonyl (C=O) groups is 2. The third-order valence-electron chi connectivity index (χ3n) is 4.83. The van der Waals surface area contributed by atoms with Crippen LogP contribution in [0.5, 0.6) is 5.75 Å². The number of nitrogens with zero attached hydrogens (tertiary/aromatic N) is 1. The van der Waals surface area contributed by atoms with Crippen LogP contribution in [0.4, 0.5) is 0 Å². The third-order valence-corrected chi connectivity index (χ3v) is 4.83. The summed E-state index contributed by atoms with van der Waals surface area (Å²) in [6, 6.07) is 7.48. The second kappa shape index (κ2) is 11.8. The Morgan fingerprint density at radius 3 is 2.70 bits per heavy atom. The van der Waals surface area contributed by atoms with Crippen molar-refractivity contribution in [3.8, 4) is 5.75 Å². The maximum Gasteiger partial charge on any atom is 0.259 e. The fourth-order valence-corrected chi connectivity index (χ4v) is 3.13. The summed E-state index contributed by atoms with van der Waals surface area (Å²) in [5.41, 5.74) is 0.914. The number of carbonyl (C=O) groups excluding carboxylic acids is 2. The minimum atomic E-state index is -0.116. The van der Waals surface area contributed by atoms with Crippen LogP contribution in [-0.4, -0.2) is 50.5 Å². The fraction of sp³-hybridized carbons (Fsp3) is 0.600. The van der Waals surface area contributed by atoms with E-state index in [2.05, 4.69) is 10.6 Å². The second-order valence-electron chi connectivity index (χ2n) is 7.04. The zero-order valence-corrected chi connectivity index (χ0v) is 17.3. The molecule has 1 heterocycles. The summed E-state index contributed by atoms with van der Waals surface area (Å²) in [5.74, 6) is 1.23. The quantitative estimate of drug-likeness (QED) is 0.671. The van der Waals surface area contributed by atoms with Crippen molar-refractivity contribution < 1.29 is 14.3 Å². The fourth-order valence-electron chi connectivity index (χ4n) is 3.13. The predicted molar refractivity (Wildman–Crippen MR) is 109 cm³/mol. The molecular formula is C20H32ClN3O3. The van der Waals surface area contributed by atoms with E-state index in [4.69, 9.17) is 4.74 Å². The minimum Gasteiger partial charge on any atom is -0.483 e. The topological polar surface area (TPSA) is 70.7 Å². The predicted octanol–water partition coefficient (Wildman–Crippen LogP) is 2.53. The van der Waals surface area contributed by atoms with Gasteiger partial charge in [-0.3, -0.25) is 9.59 Å². The van der Waals surface area contributed by atoms with Crippen LogP contribution in [0.3, 0.4) is 0 Å². The summed E-state index contributed by atoms with van der Waals surface area (Å²) in [6.45, 7) is 4.10. The number of hydrogen-bond donors (Lipinski definition) is 2. The van der Waals surface area contributed by atoms with Crippen molar-refractivity contribution in [1.82, 2.24) is 15.5 Å². The average molecular weight is 398 g/mol. The second-order valence-corrected chi connectivity index (χ2v) is 7.04. The van der Waals surface area contributed by atoms with Crippen LogP contribution in [0.15, 0.2) is 24.3 Å². The Kier molecular flexibility index (Phi) is 10.2. The van der Waals surface area contributed by atoms with Crippen molar-refractivity contribution in [2.75, 3.05) is 33.8 Å². The Hall–Kier alpha value is -1.79. The SMILES string of the molecule is CCC(NC(=O)CCC1CCNC1)c1ccccc1OCC(=O)N(C)C.Cl. The van der Waals surface area contributed by atoms with Gasteiger partial charge in [0, 0.05) is 26.1 Å². The van der Waals surface area contributed by atoms with E-state index in [0.717, 1.165) is 37.9 Å². The van der Waals surface area contributed by atoms with Gasteiger partial charge >= 0.3 is 0 Å². The van der Waals surface area contributed by atoms with Crippen LogP contribution in [-0.2, 0) is 9.59 Å². The van der Waals surface area contributed by atoms with E-state index in [0.29, 0.717) is 18.1 Å². The first-order valence-electron chi connectivity index (χ1n) is 9.43. The van der Waals surface area contributed by atoms with Gasteiger partial charge in [-0.2, -0.15) is 0 Å². The maximum atomic E-state index is 12.4. The molecule has 1 saturated heterocycles. The highest BCUT2D eigenvalue weighted by Crippen LogP contribution is 2.27. The van der Waals surface area contributed by atoms with Crippen molar-refractivity contribution in [1.29, 1.82) is 0 Å². The number of nitrogens with one attached hydrogen (secondary N) is 2. The van der Waals surface area contributed by atoms with Crippen LogP contribution in [0.2, 0.25) is 0 Å². The lowest BCUT2D eigenvalue weighted by Crippen LogP contribution is -2.30. The summed E-state index contributed by atoms with van der Waals surface area (Å²) < 4.78 is 5.72. The molecule has 1 fully saturated rings. The van der Waals surface area contributed by atoms with Crippen LogP contribution < -0.4 is 15.4 Å². The molecule has 0 bridgehead atoms. The maximum absolute atomic E-state index is 12.4. The summed E-state index contributed by atoms with van der Waals surface area (Å²) in [7, 11) is 3.40. The Morgan fingerprint density at radius 2 is 2.07 bits per heavy atom. The van der Waals surface area contributed by atoms with Crippen molar-refractivity contribution in [3.63, 3.8) is 0 Å². The van der Waals surface area contributed by atoms with Gasteiger partial charge in [0.05, 0.1) is 6.04 Å². The number of halogens is 1. The molecule has 1 aromatic carbocycles. The standard InChI is InChI=1S/C20H31N3O3.ClH/c1-4-17(22-19(24)10-9-15-11-12-21-13-15)16-7-5-6-8-18(16)26-14-20(25)23(2)3;/h5-8,15,17,21H,4,9-14H2,1-3H3,(H,22,24);1H. The van der Waals surface area contributed by atoms with Crippen molar-refractivity contribution in [3.05, 3.63) is 29.8 Å². The number of ether oxygens (including phenoxy) is 1. The lowest BCUT2D eigenvalue weighted by atomic mass is 10.0. The van der Waals surface area contributed by atoms with Crippen LogP contribution in [0.1, 0.15) is 44.2 Å². The van der Waals surface area contributed by atoms with Gasteiger partial charge in [0.15, 0.2) is 6.61 Å². The molecule has 6 nitrogen and oxygen atoms in total. The summed E-state index contributed by atoms with van der Waals surface area (Å²) in [6.07, 6.45) is 3.38. The molecule has 0 aliphatic carbocycles. The summed E-state index contributed by atoms with van der Waals surface area (Å²) >= 11 is 0. The van der Waals surface area contributed by atoms with E-state index >= 15 is 0 Å². The summed E-state index contributed by atoms with van der Waals surface area (Å²) in [4.78, 5) is 25.7. The van der Waals surface area contributed by atoms with E-state index in [1.807, 2.05) is 31.2 Å². The number of hydrogen-bond acceptors (Lipinski definition) is 4. The van der Waals surface area contributed by atoms with Crippen LogP contribution in [0.25, 0.3) is 0 Å². The Morgan fingerprint density at radius 1 is 1.33 bits per heavy atom. The van der Waals surface area contributed by atoms with Gasteiger partial charge in [0.25, 0.3) is 5.91 Å². The Labute approximate surface area is 168 Å². The van der Waals surface area contributed by atoms with Gasteiger partial charge in [0.2, 0.25) is 5.91 Å². The van der Waals surface area contributed by atoms with Crippen LogP contribution in [0, 0.1) is 5.92 Å². The zero-order chi connectivity index (χ0) is 18.9. The van der Waals surface area contributed by atoms with Gasteiger partial charge in [-0.15, -0.1) is 12.4 Å². The van der Waals surface area contributed by atoms with E-state index in [1.165, 1.54) is 4.90 Å². The van der Waals surface area contributed by atoms with Gasteiger partial charge in [-0.25, -0.2) is 0 Å². The van der Waals surface area contributed by atoms with Crippen LogP contribution >= 0.6 is 12.4 Å². The highest BCUT2D eigenvalue weighted by molar-refractivity contribution is 5.85. The van der Waals surface area contributed by atoms with Crippen molar-refractivity contribution in [2.24, 2.45) is 5.92 Å². The average Bonchev–Trinajstić information content (AvgIpc) is 3.16. The van der Waals surface area contributed by atoms with Gasteiger partial charge in [0.1, 0.15) is 5.75 Å². The number of likely N-dealkylation sites (N-methyl/N-ethyl adjacent to an activating group) is 1. The van der Waals surface area contributed by atoms with Crippen molar-refractivity contribution >= 4 is 24.2 Å². The first-order valence-corrected chi connectivity index (χ1v) is 9.43. The molecule has 7 heteroatoms. The number of amides is 2.